The molecule has 4 rings (SSSR count). The van der Waals surface area contributed by atoms with Crippen LogP contribution >= 0.6 is 0 Å². The van der Waals surface area contributed by atoms with E-state index >= 15 is 0 Å². The second-order valence-electron chi connectivity index (χ2n) is 8.34. The summed E-state index contributed by atoms with van der Waals surface area (Å²) in [5.41, 5.74) is 2.17. The molecule has 0 radical (unpaired) electrons. The van der Waals surface area contributed by atoms with Crippen molar-refractivity contribution in [2.24, 2.45) is 0 Å². The predicted molar refractivity (Wildman–Crippen MR) is 142 cm³/mol. The fourth-order valence-electron chi connectivity index (χ4n) is 3.58. The van der Waals surface area contributed by atoms with Gasteiger partial charge in [0.1, 0.15) is 0 Å². The van der Waals surface area contributed by atoms with E-state index in [1.54, 1.807) is 48.5 Å². The topological polar surface area (TPSA) is 105 Å². The minimum Gasteiger partial charge on any atom is -0.435 e. The molecule has 4 aromatic carbocycles. The van der Waals surface area contributed by atoms with E-state index in [0.29, 0.717) is 22.3 Å². The van der Waals surface area contributed by atoms with Crippen LogP contribution in [0.4, 0.5) is 0 Å². The van der Waals surface area contributed by atoms with Crippen molar-refractivity contribution < 1.29 is 38.1 Å². The Kier molecular flexibility index (Phi) is 9.81. The zero-order valence-electron chi connectivity index (χ0n) is 21.6. The fraction of sp³-hybridized carbons (Fsp3) is 0.200. The number of esters is 2. The summed E-state index contributed by atoms with van der Waals surface area (Å²) in [7, 11) is 2.91. The van der Waals surface area contributed by atoms with Crippen molar-refractivity contribution in [1.82, 2.24) is 0 Å². The Labute approximate surface area is 220 Å². The van der Waals surface area contributed by atoms with E-state index in [4.69, 9.17) is 9.47 Å². The largest absolute Gasteiger partial charge is 0.435 e. The van der Waals surface area contributed by atoms with Crippen LogP contribution in [0.5, 0.6) is 0 Å². The lowest BCUT2D eigenvalue weighted by atomic mass is 10.0. The number of ether oxygens (including phenoxy) is 4. The van der Waals surface area contributed by atoms with Crippen molar-refractivity contribution in [2.45, 2.75) is 13.8 Å². The van der Waals surface area contributed by atoms with Gasteiger partial charge in [-0.2, -0.15) is 0 Å². The van der Waals surface area contributed by atoms with Gasteiger partial charge in [0.25, 0.3) is 0 Å². The Hall–Kier alpha value is -4.40. The molecule has 0 spiro atoms. The molecule has 0 aromatic heterocycles. The van der Waals surface area contributed by atoms with Crippen LogP contribution in [0.1, 0.15) is 55.3 Å². The summed E-state index contributed by atoms with van der Waals surface area (Å²) in [6.45, 7) is 2.89. The van der Waals surface area contributed by atoms with Gasteiger partial charge in [-0.1, -0.05) is 36.4 Å². The van der Waals surface area contributed by atoms with Crippen LogP contribution in [-0.4, -0.2) is 51.3 Å². The highest BCUT2D eigenvalue weighted by Crippen LogP contribution is 2.20. The first-order chi connectivity index (χ1) is 18.2. The molecule has 0 atom stereocenters. The first-order valence-electron chi connectivity index (χ1n) is 11.6. The summed E-state index contributed by atoms with van der Waals surface area (Å²) in [4.78, 5) is 46.0. The maximum atomic E-state index is 11.7. The van der Waals surface area contributed by atoms with Crippen molar-refractivity contribution >= 4 is 45.0 Å². The minimum absolute atomic E-state index is 0.00531. The lowest BCUT2D eigenvalue weighted by molar-refractivity contribution is -0.0132. The SMILES string of the molecule is COCOC(=O)c1ccc2cc(C(C)=O)ccc2c1.COCOC(=O)c1ccc2ccc(C(C)=O)cc2c1. The van der Waals surface area contributed by atoms with Crippen LogP contribution in [0.15, 0.2) is 72.8 Å². The molecule has 4 aromatic rings. The maximum absolute atomic E-state index is 11.7. The van der Waals surface area contributed by atoms with Crippen LogP contribution in [0.2, 0.25) is 0 Å². The second kappa shape index (κ2) is 13.2. The molecule has 0 aliphatic carbocycles. The van der Waals surface area contributed by atoms with Gasteiger partial charge in [0, 0.05) is 25.3 Å². The minimum atomic E-state index is -0.447. The van der Waals surface area contributed by atoms with Crippen molar-refractivity contribution in [2.75, 3.05) is 27.8 Å². The highest BCUT2D eigenvalue weighted by molar-refractivity contribution is 6.01. The van der Waals surface area contributed by atoms with Crippen molar-refractivity contribution in [3.63, 3.8) is 0 Å². The number of fused-ring (bicyclic) bond motifs is 2. The molecule has 0 aliphatic heterocycles. The average molecular weight is 517 g/mol. The van der Waals surface area contributed by atoms with Crippen LogP contribution in [-0.2, 0) is 18.9 Å². The molecule has 0 amide bonds. The Balaban J connectivity index is 0.000000211. The van der Waals surface area contributed by atoms with E-state index in [1.807, 2.05) is 24.3 Å². The number of hydrogen-bond acceptors (Lipinski definition) is 8. The Bertz CT molecular complexity index is 1490. The summed E-state index contributed by atoms with van der Waals surface area (Å²) in [6.07, 6.45) is 0. The van der Waals surface area contributed by atoms with E-state index < -0.39 is 11.9 Å². The summed E-state index contributed by atoms with van der Waals surface area (Å²) in [5, 5.41) is 3.60. The smallest absolute Gasteiger partial charge is 0.340 e. The van der Waals surface area contributed by atoms with E-state index in [2.05, 4.69) is 9.47 Å². The molecule has 196 valence electrons. The normalized spacial score (nSPS) is 10.4. The van der Waals surface area contributed by atoms with Gasteiger partial charge in [0.2, 0.25) is 0 Å². The first-order valence-corrected chi connectivity index (χ1v) is 11.6. The molecule has 0 saturated carbocycles. The van der Waals surface area contributed by atoms with Crippen molar-refractivity contribution in [1.29, 1.82) is 0 Å². The number of benzene rings is 4. The van der Waals surface area contributed by atoms with Crippen LogP contribution in [0.25, 0.3) is 21.5 Å². The van der Waals surface area contributed by atoms with E-state index in [-0.39, 0.29) is 25.2 Å². The summed E-state index contributed by atoms with van der Waals surface area (Å²) in [6, 6.07) is 21.2. The van der Waals surface area contributed by atoms with Gasteiger partial charge in [-0.3, -0.25) is 9.59 Å². The highest BCUT2D eigenvalue weighted by atomic mass is 16.7. The third-order valence-electron chi connectivity index (χ3n) is 5.58. The van der Waals surface area contributed by atoms with Gasteiger partial charge < -0.3 is 18.9 Å². The maximum Gasteiger partial charge on any atom is 0.340 e. The Morgan fingerprint density at radius 3 is 1.26 bits per heavy atom. The molecule has 0 heterocycles. The van der Waals surface area contributed by atoms with E-state index in [1.165, 1.54) is 28.1 Å². The van der Waals surface area contributed by atoms with E-state index in [9.17, 15) is 19.2 Å². The van der Waals surface area contributed by atoms with Crippen molar-refractivity contribution in [3.05, 3.63) is 95.1 Å². The van der Waals surface area contributed by atoms with Gasteiger partial charge >= 0.3 is 11.9 Å². The number of ketones is 2. The number of carbonyl (C=O) groups excluding carboxylic acids is 4. The summed E-state index contributed by atoms with van der Waals surface area (Å²) >= 11 is 0. The van der Waals surface area contributed by atoms with Crippen LogP contribution < -0.4 is 0 Å². The van der Waals surface area contributed by atoms with Gasteiger partial charge in [-0.05, 0) is 71.8 Å². The molecule has 0 bridgehead atoms. The van der Waals surface area contributed by atoms with E-state index in [0.717, 1.165) is 21.5 Å². The Morgan fingerprint density at radius 2 is 0.842 bits per heavy atom. The zero-order chi connectivity index (χ0) is 27.7. The third-order valence-corrected chi connectivity index (χ3v) is 5.58. The predicted octanol–water partition coefficient (Wildman–Crippen LogP) is 5.61. The van der Waals surface area contributed by atoms with Crippen molar-refractivity contribution in [3.8, 4) is 0 Å². The first kappa shape index (κ1) is 28.2. The number of Topliss-reactive ketones (excluding diaryl/α,β-unsaturated/α-hetero) is 2. The van der Waals surface area contributed by atoms with Gasteiger partial charge in [0.15, 0.2) is 25.2 Å². The molecule has 0 saturated heterocycles. The molecule has 0 aliphatic rings. The monoisotopic (exact) mass is 516 g/mol. The average Bonchev–Trinajstić information content (AvgIpc) is 2.93. The second-order valence-corrected chi connectivity index (χ2v) is 8.34. The third kappa shape index (κ3) is 7.32. The molecule has 0 N–H and O–H groups in total. The lowest BCUT2D eigenvalue weighted by Gasteiger charge is -2.05. The molecule has 0 fully saturated rings. The quantitative estimate of drug-likeness (QED) is 0.169. The molecule has 8 nitrogen and oxygen atoms in total. The Morgan fingerprint density at radius 1 is 0.500 bits per heavy atom. The highest BCUT2D eigenvalue weighted by Gasteiger charge is 2.10. The fourth-order valence-corrected chi connectivity index (χ4v) is 3.58. The molecule has 8 heteroatoms. The van der Waals surface area contributed by atoms with Crippen LogP contribution in [0, 0.1) is 0 Å². The summed E-state index contributed by atoms with van der Waals surface area (Å²) in [5.74, 6) is -0.865. The van der Waals surface area contributed by atoms with Gasteiger partial charge in [-0.25, -0.2) is 9.59 Å². The number of rotatable bonds is 8. The number of hydrogen-bond donors (Lipinski definition) is 0. The molecule has 0 unspecified atom stereocenters. The summed E-state index contributed by atoms with van der Waals surface area (Å²) < 4.78 is 19.1. The molecule has 38 heavy (non-hydrogen) atoms. The van der Waals surface area contributed by atoms with Gasteiger partial charge in [0.05, 0.1) is 11.1 Å². The van der Waals surface area contributed by atoms with Crippen LogP contribution in [0.3, 0.4) is 0 Å². The number of carbonyl (C=O) groups is 4. The zero-order valence-corrected chi connectivity index (χ0v) is 21.6. The molecular formula is C30H28O8. The lowest BCUT2D eigenvalue weighted by Crippen LogP contribution is -2.07. The van der Waals surface area contributed by atoms with Gasteiger partial charge in [-0.15, -0.1) is 0 Å². The standard InChI is InChI=1S/2C15H14O4/c1-10(16)12-5-3-11-4-6-13(8-14(11)7-12)15(17)19-9-18-2;1-10(16)11-3-4-13-8-14(6-5-12(13)7-11)15(17)19-9-18-2/h2*3-8H,9H2,1-2H3. The molecular weight excluding hydrogens is 488 g/mol. The number of methoxy groups -OCH3 is 2.